The Morgan fingerprint density at radius 2 is 1.77 bits per heavy atom. The molecule has 2 aliphatic carbocycles. The van der Waals surface area contributed by atoms with Crippen molar-refractivity contribution >= 4 is 0 Å². The van der Waals surface area contributed by atoms with Gasteiger partial charge in [-0.2, -0.15) is 6.08 Å². The van der Waals surface area contributed by atoms with E-state index in [1.807, 2.05) is 0 Å². The molecule has 0 aromatic heterocycles. The molecule has 0 saturated heterocycles. The molecule has 0 atom stereocenters. The summed E-state index contributed by atoms with van der Waals surface area (Å²) in [5.74, 6) is 0.874. The number of allylic oxidation sites excluding steroid dienone is 4. The second-order valence-electron chi connectivity index (χ2n) is 3.22. The van der Waals surface area contributed by atoms with Crippen LogP contribution in [0.3, 0.4) is 0 Å². The summed E-state index contributed by atoms with van der Waals surface area (Å²) in [6, 6.07) is 0. The van der Waals surface area contributed by atoms with Crippen molar-refractivity contribution in [2.24, 2.45) is 5.92 Å². The zero-order chi connectivity index (χ0) is 6.81. The van der Waals surface area contributed by atoms with Crippen molar-refractivity contribution in [2.75, 3.05) is 0 Å². The molecule has 0 aliphatic heterocycles. The van der Waals surface area contributed by atoms with Gasteiger partial charge in [0, 0.05) is 25.8 Å². The van der Waals surface area contributed by atoms with Crippen molar-refractivity contribution < 1.29 is 35.3 Å². The smallest absolute Gasteiger partial charge is 0 e. The number of rotatable bonds is 1. The quantitative estimate of drug-likeness (QED) is 0.503. The van der Waals surface area contributed by atoms with E-state index < -0.39 is 0 Å². The molecule has 0 unspecified atom stereocenters. The van der Waals surface area contributed by atoms with Gasteiger partial charge in [-0.1, -0.05) is 12.8 Å². The maximum absolute atomic E-state index is 3.40. The van der Waals surface area contributed by atoms with Crippen molar-refractivity contribution in [1.82, 2.24) is 0 Å². The summed E-state index contributed by atoms with van der Waals surface area (Å²) in [5, 5.41) is 0. The summed E-state index contributed by atoms with van der Waals surface area (Å²) < 4.78 is 0. The summed E-state index contributed by atoms with van der Waals surface area (Å²) in [7, 11) is 0. The molecule has 2 rings (SSSR count). The van der Waals surface area contributed by atoms with Gasteiger partial charge in [-0.3, -0.25) is 15.5 Å². The topological polar surface area (TPSA) is 0 Å². The fourth-order valence-corrected chi connectivity index (χ4v) is 1.94. The van der Waals surface area contributed by atoms with Crippen LogP contribution in [-0.2, 0) is 25.8 Å². The number of hydrogen-bond donors (Lipinski definition) is 0. The molecule has 0 aromatic rings. The van der Waals surface area contributed by atoms with E-state index in [2.05, 4.69) is 18.2 Å². The van der Waals surface area contributed by atoms with Crippen LogP contribution in [0.5, 0.6) is 0 Å². The monoisotopic (exact) mass is 353 g/mol. The molecular weight excluding hydrogens is 337 g/mol. The second kappa shape index (κ2) is 7.60. The maximum atomic E-state index is 3.40. The van der Waals surface area contributed by atoms with Gasteiger partial charge >= 0.3 is 0 Å². The van der Waals surface area contributed by atoms with Crippen molar-refractivity contribution in [3.63, 3.8) is 0 Å². The van der Waals surface area contributed by atoms with Gasteiger partial charge in [0.15, 0.2) is 0 Å². The minimum Gasteiger partial charge on any atom is -0.269 e. The predicted molar refractivity (Wildman–Crippen MR) is 47.5 cm³/mol. The van der Waals surface area contributed by atoms with E-state index in [9.17, 15) is 0 Å². The van der Waals surface area contributed by atoms with Crippen LogP contribution < -0.4 is 0 Å². The Labute approximate surface area is 97.0 Å². The molecule has 1 fully saturated rings. The minimum absolute atomic E-state index is 0. The van der Waals surface area contributed by atoms with Gasteiger partial charge in [0.05, 0.1) is 0 Å². The molecule has 0 amide bonds. The van der Waals surface area contributed by atoms with E-state index >= 15 is 0 Å². The van der Waals surface area contributed by atoms with Gasteiger partial charge in [0.25, 0.3) is 0 Å². The van der Waals surface area contributed by atoms with E-state index in [0.29, 0.717) is 0 Å². The van der Waals surface area contributed by atoms with E-state index in [1.54, 1.807) is 0 Å². The Kier molecular flexibility index (Phi) is 9.16. The maximum Gasteiger partial charge on any atom is 0 e. The third kappa shape index (κ3) is 3.84. The second-order valence-corrected chi connectivity index (χ2v) is 3.22. The molecule has 0 aromatic carbocycles. The first-order valence-electron chi connectivity index (χ1n) is 4.24. The van der Waals surface area contributed by atoms with Gasteiger partial charge in [-0.25, -0.2) is 11.6 Å². The molecule has 3 heteroatoms. The standard InChI is InChI=1S/C10H13.2FH.Hf/c1-2-6-9(5-1)10-7-3-4-8-10;;;/h1,5,10H,2-4,7-8H2;2*1H;/q-1;;;. The summed E-state index contributed by atoms with van der Waals surface area (Å²) in [4.78, 5) is 0. The Hall–Kier alpha value is 0.210. The van der Waals surface area contributed by atoms with Crippen LogP contribution in [0.15, 0.2) is 17.7 Å². The van der Waals surface area contributed by atoms with E-state index in [4.69, 9.17) is 0 Å². The van der Waals surface area contributed by atoms with Gasteiger partial charge in [0.2, 0.25) is 0 Å². The summed E-state index contributed by atoms with van der Waals surface area (Å²) >= 11 is 0. The van der Waals surface area contributed by atoms with Gasteiger partial charge in [-0.05, 0) is 18.8 Å². The van der Waals surface area contributed by atoms with Crippen molar-refractivity contribution in [3.05, 3.63) is 23.8 Å². The third-order valence-electron chi connectivity index (χ3n) is 2.52. The van der Waals surface area contributed by atoms with Crippen LogP contribution in [-0.4, -0.2) is 0 Å². The van der Waals surface area contributed by atoms with Gasteiger partial charge in [0.1, 0.15) is 0 Å². The van der Waals surface area contributed by atoms with Crippen molar-refractivity contribution in [2.45, 2.75) is 32.1 Å². The Morgan fingerprint density at radius 3 is 2.23 bits per heavy atom. The normalized spacial score (nSPS) is 19.8. The molecule has 0 radical (unpaired) electrons. The third-order valence-corrected chi connectivity index (χ3v) is 2.52. The van der Waals surface area contributed by atoms with Crippen molar-refractivity contribution in [3.8, 4) is 0 Å². The summed E-state index contributed by atoms with van der Waals surface area (Å²) in [6.45, 7) is 0. The zero-order valence-corrected chi connectivity index (χ0v) is 11.2. The van der Waals surface area contributed by atoms with Crippen molar-refractivity contribution in [1.29, 1.82) is 0 Å². The molecule has 0 nitrogen and oxygen atoms in total. The molecular formula is C10H15F2Hf-. The molecule has 0 heterocycles. The average Bonchev–Trinajstić information content (AvgIpc) is 2.59. The number of hydrogen-bond acceptors (Lipinski definition) is 0. The summed E-state index contributed by atoms with van der Waals surface area (Å²) in [6.07, 6.45) is 14.6. The minimum atomic E-state index is 0. The summed E-state index contributed by atoms with van der Waals surface area (Å²) in [5.41, 5.74) is 1.50. The fraction of sp³-hybridized carbons (Fsp3) is 0.600. The van der Waals surface area contributed by atoms with Crippen LogP contribution in [0.2, 0.25) is 0 Å². The zero-order valence-electron chi connectivity index (χ0n) is 7.58. The van der Waals surface area contributed by atoms with E-state index in [0.717, 1.165) is 12.3 Å². The first-order valence-corrected chi connectivity index (χ1v) is 4.24. The van der Waals surface area contributed by atoms with Crippen LogP contribution in [0.25, 0.3) is 0 Å². The molecule has 0 spiro atoms. The molecule has 0 bridgehead atoms. The first-order chi connectivity index (χ1) is 4.97. The Bertz CT molecular complexity index is 181. The first kappa shape index (κ1) is 15.7. The van der Waals surface area contributed by atoms with Gasteiger partial charge in [-0.15, -0.1) is 6.42 Å². The van der Waals surface area contributed by atoms with Crippen LogP contribution in [0, 0.1) is 12.0 Å². The van der Waals surface area contributed by atoms with E-state index in [-0.39, 0.29) is 35.3 Å². The Morgan fingerprint density at radius 1 is 1.15 bits per heavy atom. The molecule has 13 heavy (non-hydrogen) atoms. The van der Waals surface area contributed by atoms with Crippen LogP contribution >= 0.6 is 0 Å². The predicted octanol–water partition coefficient (Wildman–Crippen LogP) is 3.17. The molecule has 0 N–H and O–H groups in total. The van der Waals surface area contributed by atoms with Crippen LogP contribution in [0.1, 0.15) is 32.1 Å². The fourth-order valence-electron chi connectivity index (χ4n) is 1.94. The number of halogens is 2. The average molecular weight is 352 g/mol. The van der Waals surface area contributed by atoms with Crippen LogP contribution in [0.4, 0.5) is 9.41 Å². The SMILES string of the molecule is F.F.[C-]1=C(C2CCCC2)C=CC1.[Hf]. The molecule has 74 valence electrons. The van der Waals surface area contributed by atoms with Gasteiger partial charge < -0.3 is 0 Å². The molecule has 1 saturated carbocycles. The largest absolute Gasteiger partial charge is 0.269 e. The molecule has 2 aliphatic rings. The Balaban J connectivity index is 0. The van der Waals surface area contributed by atoms with E-state index in [1.165, 1.54) is 31.3 Å².